The predicted octanol–water partition coefficient (Wildman–Crippen LogP) is 6.14. The number of imidazole rings is 1. The van der Waals surface area contributed by atoms with Gasteiger partial charge in [0.15, 0.2) is 5.92 Å². The van der Waals surface area contributed by atoms with E-state index in [0.29, 0.717) is 30.7 Å². The molecule has 20 heteroatoms. The maximum Gasteiger partial charge on any atom is 0.407 e. The summed E-state index contributed by atoms with van der Waals surface area (Å²) in [4.78, 5) is 58.4. The second kappa shape index (κ2) is 25.1. The number of alkyl halides is 6. The number of aromatic amines is 1. The third-order valence-corrected chi connectivity index (χ3v) is 8.83. The topological polar surface area (TPSA) is 179 Å². The number of likely N-dealkylation sites (tertiary alicyclic amines) is 1. The molecule has 2 atom stereocenters. The second-order valence-corrected chi connectivity index (χ2v) is 13.5. The summed E-state index contributed by atoms with van der Waals surface area (Å²) in [6.07, 6.45) is -7.73. The number of hydrogen-bond acceptors (Lipinski definition) is 10. The monoisotopic (exact) mass is 856 g/mol. The van der Waals surface area contributed by atoms with E-state index < -0.39 is 42.4 Å². The number of likely N-dealkylation sites (N-methyl/N-ethyl adjacent to an activating group) is 1. The first-order valence-electron chi connectivity index (χ1n) is 19.1. The number of aryl methyl sites for hydroxylation is 1. The molecule has 5 N–H and O–H groups in total. The van der Waals surface area contributed by atoms with Crippen molar-refractivity contribution in [2.45, 2.75) is 76.8 Å². The highest BCUT2D eigenvalue weighted by molar-refractivity contribution is 5.87. The third kappa shape index (κ3) is 15.8. The van der Waals surface area contributed by atoms with Gasteiger partial charge in [0, 0.05) is 38.3 Å². The predicted molar refractivity (Wildman–Crippen MR) is 216 cm³/mol. The number of amides is 3. The summed E-state index contributed by atoms with van der Waals surface area (Å²) < 4.78 is 90.1. The lowest BCUT2D eigenvalue weighted by molar-refractivity contribution is -0.290. The van der Waals surface area contributed by atoms with E-state index >= 15 is 0 Å². The lowest BCUT2D eigenvalue weighted by Crippen LogP contribution is -2.60. The van der Waals surface area contributed by atoms with Crippen molar-refractivity contribution in [3.05, 3.63) is 60.1 Å². The maximum absolute atomic E-state index is 13.7. The van der Waals surface area contributed by atoms with E-state index in [0.717, 1.165) is 59.3 Å². The summed E-state index contributed by atoms with van der Waals surface area (Å²) in [6.45, 7) is 8.83. The number of alkyl carbamates (subject to hydrolysis) is 1. The van der Waals surface area contributed by atoms with Crippen LogP contribution in [-0.4, -0.2) is 118 Å². The van der Waals surface area contributed by atoms with E-state index in [4.69, 9.17) is 4.79 Å². The zero-order valence-corrected chi connectivity index (χ0v) is 34.3. The number of ether oxygens (including phenoxy) is 2. The molecule has 1 aliphatic heterocycles. The lowest BCUT2D eigenvalue weighted by atomic mass is 9.96. The number of aliphatic imine (C=N–C) groups is 1. The number of fused-ring (bicyclic) bond motifs is 1. The van der Waals surface area contributed by atoms with Crippen molar-refractivity contribution in [2.24, 2.45) is 10.9 Å². The van der Waals surface area contributed by atoms with Crippen molar-refractivity contribution in [3.63, 3.8) is 0 Å². The number of unbranched alkanes of at least 4 members (excludes halogenated alkanes) is 1. The van der Waals surface area contributed by atoms with Gasteiger partial charge in [0.25, 0.3) is 6.47 Å². The first-order chi connectivity index (χ1) is 28.5. The molecule has 4 rings (SSSR count). The number of nitrogens with one attached hydrogen (secondary N) is 5. The number of carbonyl (C=O) groups excluding carboxylic acids is 4. The smallest absolute Gasteiger partial charge is 0.407 e. The van der Waals surface area contributed by atoms with Crippen LogP contribution in [0.5, 0.6) is 0 Å². The lowest BCUT2D eigenvalue weighted by Gasteiger charge is -2.34. The first-order valence-corrected chi connectivity index (χ1v) is 19.1. The van der Waals surface area contributed by atoms with Crippen molar-refractivity contribution >= 4 is 47.8 Å². The molecule has 14 nitrogen and oxygen atoms in total. The molecule has 2 aromatic carbocycles. The molecule has 3 amide bonds. The van der Waals surface area contributed by atoms with Crippen molar-refractivity contribution in [3.8, 4) is 11.1 Å². The Balaban J connectivity index is 0.00000164. The van der Waals surface area contributed by atoms with Gasteiger partial charge in [-0.25, -0.2) is 9.78 Å². The molecule has 60 heavy (non-hydrogen) atoms. The van der Waals surface area contributed by atoms with E-state index in [9.17, 15) is 40.7 Å². The summed E-state index contributed by atoms with van der Waals surface area (Å²) in [6, 6.07) is 9.41. The van der Waals surface area contributed by atoms with Crippen LogP contribution in [0.25, 0.3) is 27.9 Å². The second-order valence-electron chi connectivity index (χ2n) is 13.5. The molecule has 0 radical (unpaired) electrons. The van der Waals surface area contributed by atoms with Gasteiger partial charge < -0.3 is 40.6 Å². The van der Waals surface area contributed by atoms with Crippen LogP contribution in [0, 0.1) is 5.92 Å². The van der Waals surface area contributed by atoms with Crippen LogP contribution in [-0.2, 0) is 30.3 Å². The fraction of sp³-hybridized carbons (Fsp3) is 0.500. The van der Waals surface area contributed by atoms with Crippen molar-refractivity contribution in [1.82, 2.24) is 36.1 Å². The average molecular weight is 857 g/mol. The molecule has 0 saturated carbocycles. The van der Waals surface area contributed by atoms with E-state index in [1.54, 1.807) is 7.05 Å². The van der Waals surface area contributed by atoms with Crippen LogP contribution in [0.2, 0.25) is 0 Å². The molecular weight excluding hydrogens is 802 g/mol. The number of aromatic nitrogens is 2. The Hall–Kier alpha value is -5.66. The fourth-order valence-corrected chi connectivity index (χ4v) is 6.17. The summed E-state index contributed by atoms with van der Waals surface area (Å²) in [5.41, 5.74) is 4.58. The van der Waals surface area contributed by atoms with Crippen molar-refractivity contribution in [1.29, 1.82) is 0 Å². The number of hydrogen-bond donors (Lipinski definition) is 5. The molecule has 332 valence electrons. The van der Waals surface area contributed by atoms with Crippen LogP contribution < -0.4 is 21.3 Å². The number of halogens is 6. The minimum absolute atomic E-state index is 0.0354. The van der Waals surface area contributed by atoms with Gasteiger partial charge in [-0.1, -0.05) is 50.6 Å². The van der Waals surface area contributed by atoms with Crippen molar-refractivity contribution in [2.75, 3.05) is 47.4 Å². The van der Waals surface area contributed by atoms with Crippen LogP contribution in [0.15, 0.2) is 53.7 Å². The molecule has 2 heterocycles. The van der Waals surface area contributed by atoms with Crippen molar-refractivity contribution < 1.29 is 55.0 Å². The Bertz CT molecular complexity index is 1840. The number of carbonyl (C=O) groups is 4. The minimum Gasteiger partial charge on any atom is -0.471 e. The summed E-state index contributed by atoms with van der Waals surface area (Å²) in [7, 11) is 3.79. The van der Waals surface area contributed by atoms with Gasteiger partial charge in [0.2, 0.25) is 11.8 Å². The molecule has 0 bridgehead atoms. The minimum atomic E-state index is -5.88. The molecule has 0 aliphatic carbocycles. The third-order valence-electron chi connectivity index (χ3n) is 8.83. The van der Waals surface area contributed by atoms with E-state index in [1.807, 2.05) is 42.5 Å². The quantitative estimate of drug-likeness (QED) is 0.0462. The van der Waals surface area contributed by atoms with Crippen LogP contribution in [0.4, 0.5) is 31.1 Å². The zero-order valence-electron chi connectivity index (χ0n) is 34.3. The summed E-state index contributed by atoms with van der Waals surface area (Å²) >= 11 is 0. The number of H-pyrrole nitrogens is 1. The highest BCUT2D eigenvalue weighted by Gasteiger charge is 2.63. The zero-order chi connectivity index (χ0) is 44.9. The molecule has 1 aromatic heterocycles. The van der Waals surface area contributed by atoms with Crippen LogP contribution >= 0.6 is 0 Å². The van der Waals surface area contributed by atoms with Gasteiger partial charge in [0.1, 0.15) is 11.9 Å². The van der Waals surface area contributed by atoms with Gasteiger partial charge in [-0.2, -0.15) is 26.3 Å². The fourth-order valence-electron chi connectivity index (χ4n) is 6.17. The Morgan fingerprint density at radius 1 is 1.02 bits per heavy atom. The average Bonchev–Trinajstić information content (AvgIpc) is 3.85. The number of methoxy groups -OCH3 is 2. The van der Waals surface area contributed by atoms with Gasteiger partial charge in [0.05, 0.1) is 37.5 Å². The van der Waals surface area contributed by atoms with Crippen LogP contribution in [0.3, 0.4) is 0 Å². The maximum atomic E-state index is 13.7. The van der Waals surface area contributed by atoms with E-state index in [1.165, 1.54) is 25.0 Å². The van der Waals surface area contributed by atoms with Crippen LogP contribution in [0.1, 0.15) is 57.3 Å². The van der Waals surface area contributed by atoms with Gasteiger partial charge in [-0.15, -0.1) is 0 Å². The number of nitrogens with zero attached hydrogens (tertiary/aromatic N) is 3. The molecule has 1 aliphatic rings. The highest BCUT2D eigenvalue weighted by Crippen LogP contribution is 2.42. The molecule has 1 saturated heterocycles. The SMILES string of the molecule is C=N/C=C(\NCC1CCCN1C(=O)C(NC(=O)OC)C(C(F)(F)F)C(F)(F)F)c1ccc(-c2ccc3nc(CCCCNC(=O)CNC)[nH]c3c2)cc1.CCC.COC=O. The Morgan fingerprint density at radius 2 is 1.65 bits per heavy atom. The van der Waals surface area contributed by atoms with Gasteiger partial charge in [-0.05, 0) is 68.3 Å². The largest absolute Gasteiger partial charge is 0.471 e. The Morgan fingerprint density at radius 3 is 2.22 bits per heavy atom. The summed E-state index contributed by atoms with van der Waals surface area (Å²) in [5.74, 6) is -4.88. The molecular formula is C40H54F6N8O6. The number of benzene rings is 2. The Labute approximate surface area is 344 Å². The molecule has 0 spiro atoms. The Kier molecular flexibility index (Phi) is 21.1. The molecule has 3 aromatic rings. The summed E-state index contributed by atoms with van der Waals surface area (Å²) in [5, 5.41) is 10.2. The first kappa shape index (κ1) is 50.5. The molecule has 2 unspecified atom stereocenters. The molecule has 1 fully saturated rings. The number of rotatable bonds is 17. The standard InChI is InChI=1S/C35H42F6N8O4.C3H8.C2H4O2/c1-42-19-27(45-18-24-7-6-16-49(24)32(51)30(48-33(52)53-3)31(34(36,37)38)35(39,40)41)22-11-9-21(10-12-22)23-13-14-25-26(17-23)47-28(46-25)8-4-5-15-44-29(50)20-43-2;1-3-2;1-4-2-3/h9-14,17,19,24,30-31,43,45H,1,4-8,15-16,18,20H2,2-3H3,(H,44,50)(H,46,47)(H,48,52);3H2,1-2H3;2H,1H3/b27-19-;;. The van der Waals surface area contributed by atoms with Gasteiger partial charge >= 0.3 is 18.4 Å². The normalized spacial score (nSPS) is 14.6. The van der Waals surface area contributed by atoms with Gasteiger partial charge in [-0.3, -0.25) is 19.4 Å². The highest BCUT2D eigenvalue weighted by atomic mass is 19.4. The van der Waals surface area contributed by atoms with E-state index in [2.05, 4.69) is 60.9 Å². The van der Waals surface area contributed by atoms with E-state index in [-0.39, 0.29) is 32.0 Å².